The standard InChI is InChI=1S/C17H21N3O2/c1-4-7-22-15-11-8-17(2,3)13-14(19-9-20-16(13)18)10(11)5-6-12(15)21/h5-6,9,21H,4,7-8H2,1-3H3,(H2,18,19,20). The summed E-state index contributed by atoms with van der Waals surface area (Å²) in [6.45, 7) is 6.84. The van der Waals surface area contributed by atoms with Gasteiger partial charge < -0.3 is 15.6 Å². The molecule has 0 bridgehead atoms. The molecule has 3 rings (SSSR count). The first-order valence-corrected chi connectivity index (χ1v) is 7.54. The Morgan fingerprint density at radius 1 is 1.32 bits per heavy atom. The summed E-state index contributed by atoms with van der Waals surface area (Å²) in [6, 6.07) is 3.54. The van der Waals surface area contributed by atoms with Crippen LogP contribution in [-0.2, 0) is 11.8 Å². The molecule has 0 spiro atoms. The minimum Gasteiger partial charge on any atom is -0.504 e. The maximum Gasteiger partial charge on any atom is 0.164 e. The fourth-order valence-corrected chi connectivity index (χ4v) is 3.18. The molecule has 116 valence electrons. The van der Waals surface area contributed by atoms with Gasteiger partial charge in [-0.1, -0.05) is 20.8 Å². The zero-order valence-electron chi connectivity index (χ0n) is 13.2. The Bertz CT molecular complexity index is 726. The summed E-state index contributed by atoms with van der Waals surface area (Å²) in [6.07, 6.45) is 3.09. The molecule has 0 radical (unpaired) electrons. The van der Waals surface area contributed by atoms with Crippen LogP contribution in [0.3, 0.4) is 0 Å². The lowest BCUT2D eigenvalue weighted by molar-refractivity contribution is 0.293. The van der Waals surface area contributed by atoms with Crippen LogP contribution in [0.4, 0.5) is 5.82 Å². The number of rotatable bonds is 3. The van der Waals surface area contributed by atoms with Crippen molar-refractivity contribution in [1.29, 1.82) is 0 Å². The molecule has 1 heterocycles. The summed E-state index contributed by atoms with van der Waals surface area (Å²) in [4.78, 5) is 8.58. The monoisotopic (exact) mass is 299 g/mol. The first-order chi connectivity index (χ1) is 10.5. The first kappa shape index (κ1) is 14.6. The van der Waals surface area contributed by atoms with Gasteiger partial charge in [-0.3, -0.25) is 0 Å². The summed E-state index contributed by atoms with van der Waals surface area (Å²) >= 11 is 0. The van der Waals surface area contributed by atoms with E-state index in [1.54, 1.807) is 6.07 Å². The minimum absolute atomic E-state index is 0.175. The molecule has 0 saturated heterocycles. The quantitative estimate of drug-likeness (QED) is 0.910. The second kappa shape index (κ2) is 5.16. The molecule has 22 heavy (non-hydrogen) atoms. The average molecular weight is 299 g/mol. The maximum absolute atomic E-state index is 10.2. The van der Waals surface area contributed by atoms with Crippen molar-refractivity contribution in [3.05, 3.63) is 29.6 Å². The third-order valence-corrected chi connectivity index (χ3v) is 4.12. The van der Waals surface area contributed by atoms with Crippen LogP contribution < -0.4 is 10.5 Å². The number of anilines is 1. The number of aromatic hydroxyl groups is 1. The molecule has 5 nitrogen and oxygen atoms in total. The van der Waals surface area contributed by atoms with E-state index in [9.17, 15) is 5.11 Å². The van der Waals surface area contributed by atoms with Gasteiger partial charge in [-0.25, -0.2) is 9.97 Å². The van der Waals surface area contributed by atoms with Crippen molar-refractivity contribution >= 4 is 5.82 Å². The molecular formula is C17H21N3O2. The number of hydrogen-bond donors (Lipinski definition) is 2. The van der Waals surface area contributed by atoms with E-state index in [2.05, 4.69) is 23.8 Å². The number of fused-ring (bicyclic) bond motifs is 3. The molecule has 0 saturated carbocycles. The summed E-state index contributed by atoms with van der Waals surface area (Å²) in [5.41, 5.74) is 9.63. The van der Waals surface area contributed by atoms with Gasteiger partial charge in [-0.2, -0.15) is 0 Å². The zero-order valence-corrected chi connectivity index (χ0v) is 13.2. The molecule has 2 aromatic rings. The van der Waals surface area contributed by atoms with Crippen LogP contribution in [0.5, 0.6) is 11.5 Å². The van der Waals surface area contributed by atoms with Gasteiger partial charge in [0.05, 0.1) is 12.3 Å². The molecule has 0 amide bonds. The Morgan fingerprint density at radius 3 is 2.82 bits per heavy atom. The summed E-state index contributed by atoms with van der Waals surface area (Å²) in [7, 11) is 0. The smallest absolute Gasteiger partial charge is 0.164 e. The van der Waals surface area contributed by atoms with E-state index < -0.39 is 0 Å². The second-order valence-electron chi connectivity index (χ2n) is 6.33. The lowest BCUT2D eigenvalue weighted by Crippen LogP contribution is -2.28. The Labute approximate surface area is 130 Å². The van der Waals surface area contributed by atoms with Gasteiger partial charge in [0.1, 0.15) is 12.1 Å². The molecule has 1 aromatic carbocycles. The molecule has 1 aromatic heterocycles. The fourth-order valence-electron chi connectivity index (χ4n) is 3.18. The molecule has 3 N–H and O–H groups in total. The van der Waals surface area contributed by atoms with Crippen molar-refractivity contribution < 1.29 is 9.84 Å². The average Bonchev–Trinajstić information content (AvgIpc) is 2.45. The highest BCUT2D eigenvalue weighted by Gasteiger charge is 2.36. The fraction of sp³-hybridized carbons (Fsp3) is 0.412. The van der Waals surface area contributed by atoms with Crippen LogP contribution in [-0.4, -0.2) is 21.7 Å². The molecule has 0 unspecified atom stereocenters. The Hall–Kier alpha value is -2.30. The van der Waals surface area contributed by atoms with Crippen molar-refractivity contribution in [2.24, 2.45) is 0 Å². The topological polar surface area (TPSA) is 81.3 Å². The van der Waals surface area contributed by atoms with Crippen LogP contribution >= 0.6 is 0 Å². The van der Waals surface area contributed by atoms with Crippen LogP contribution in [0.25, 0.3) is 11.3 Å². The van der Waals surface area contributed by atoms with Crippen molar-refractivity contribution in [3.8, 4) is 22.8 Å². The summed E-state index contributed by atoms with van der Waals surface area (Å²) in [5, 5.41) is 10.2. The number of benzene rings is 1. The lowest BCUT2D eigenvalue weighted by Gasteiger charge is -2.34. The number of nitrogen functional groups attached to an aromatic ring is 1. The van der Waals surface area contributed by atoms with E-state index in [0.717, 1.165) is 35.2 Å². The van der Waals surface area contributed by atoms with Crippen LogP contribution in [0, 0.1) is 0 Å². The maximum atomic E-state index is 10.2. The minimum atomic E-state index is -0.216. The van der Waals surface area contributed by atoms with Crippen molar-refractivity contribution in [1.82, 2.24) is 9.97 Å². The van der Waals surface area contributed by atoms with Crippen molar-refractivity contribution in [3.63, 3.8) is 0 Å². The van der Waals surface area contributed by atoms with Gasteiger partial charge in [0.25, 0.3) is 0 Å². The van der Waals surface area contributed by atoms with Gasteiger partial charge in [0.2, 0.25) is 0 Å². The van der Waals surface area contributed by atoms with Gasteiger partial charge in [-0.05, 0) is 30.4 Å². The van der Waals surface area contributed by atoms with Crippen LogP contribution in [0.2, 0.25) is 0 Å². The highest BCUT2D eigenvalue weighted by Crippen LogP contribution is 2.48. The summed E-state index contributed by atoms with van der Waals surface area (Å²) < 4.78 is 5.80. The van der Waals surface area contributed by atoms with E-state index in [1.807, 2.05) is 13.0 Å². The van der Waals surface area contributed by atoms with Gasteiger partial charge in [0.15, 0.2) is 11.5 Å². The normalized spacial score (nSPS) is 15.0. The van der Waals surface area contributed by atoms with Crippen molar-refractivity contribution in [2.45, 2.75) is 39.0 Å². The van der Waals surface area contributed by atoms with E-state index in [-0.39, 0.29) is 11.2 Å². The highest BCUT2D eigenvalue weighted by atomic mass is 16.5. The van der Waals surface area contributed by atoms with E-state index >= 15 is 0 Å². The molecule has 0 atom stereocenters. The van der Waals surface area contributed by atoms with Gasteiger partial charge in [-0.15, -0.1) is 0 Å². The second-order valence-corrected chi connectivity index (χ2v) is 6.33. The molecule has 1 aliphatic rings. The largest absolute Gasteiger partial charge is 0.504 e. The molecule has 1 aliphatic carbocycles. The number of phenolic OH excluding ortho intramolecular Hbond substituents is 1. The van der Waals surface area contributed by atoms with Crippen molar-refractivity contribution in [2.75, 3.05) is 12.3 Å². The number of phenols is 1. The number of aromatic nitrogens is 2. The van der Waals surface area contributed by atoms with Gasteiger partial charge in [0, 0.05) is 16.7 Å². The Morgan fingerprint density at radius 2 is 2.09 bits per heavy atom. The number of nitrogens with two attached hydrogens (primary N) is 1. The van der Waals surface area contributed by atoms with E-state index in [0.29, 0.717) is 18.2 Å². The van der Waals surface area contributed by atoms with Crippen LogP contribution in [0.15, 0.2) is 18.5 Å². The number of ether oxygens (including phenoxy) is 1. The zero-order chi connectivity index (χ0) is 15.9. The van der Waals surface area contributed by atoms with E-state index in [4.69, 9.17) is 10.5 Å². The predicted octanol–water partition coefficient (Wildman–Crippen LogP) is 3.05. The molecule has 0 aliphatic heterocycles. The lowest BCUT2D eigenvalue weighted by atomic mass is 9.71. The number of nitrogens with zero attached hydrogens (tertiary/aromatic N) is 2. The molecule has 5 heteroatoms. The number of hydrogen-bond acceptors (Lipinski definition) is 5. The Balaban J connectivity index is 2.25. The SMILES string of the molecule is CCCOc1c(O)ccc2c1CC(C)(C)c1c(N)ncnc1-2. The predicted molar refractivity (Wildman–Crippen MR) is 86.1 cm³/mol. The Kier molecular flexibility index (Phi) is 3.43. The van der Waals surface area contributed by atoms with Gasteiger partial charge >= 0.3 is 0 Å². The van der Waals surface area contributed by atoms with E-state index in [1.165, 1.54) is 6.33 Å². The molecule has 0 fully saturated rings. The first-order valence-electron chi connectivity index (χ1n) is 7.54. The van der Waals surface area contributed by atoms with Crippen LogP contribution in [0.1, 0.15) is 38.3 Å². The highest BCUT2D eigenvalue weighted by molar-refractivity contribution is 5.78. The molecular weight excluding hydrogens is 278 g/mol. The summed E-state index contributed by atoms with van der Waals surface area (Å²) in [5.74, 6) is 1.26. The third-order valence-electron chi connectivity index (χ3n) is 4.12. The third kappa shape index (κ3) is 2.17.